The van der Waals surface area contributed by atoms with Crippen LogP contribution in [0, 0.1) is 5.82 Å². The summed E-state index contributed by atoms with van der Waals surface area (Å²) in [6.07, 6.45) is 3.98. The van der Waals surface area contributed by atoms with Crippen molar-refractivity contribution in [2.24, 2.45) is 0 Å². The highest BCUT2D eigenvalue weighted by Gasteiger charge is 2.55. The van der Waals surface area contributed by atoms with Crippen LogP contribution in [-0.4, -0.2) is 8.07 Å². The average Bonchev–Trinajstić information content (AvgIpc) is 2.74. The number of benzene rings is 1. The largest absolute Gasteiger partial charge is 0.358 e. The van der Waals surface area contributed by atoms with E-state index in [9.17, 15) is 4.39 Å². The first-order chi connectivity index (χ1) is 7.46. The quantitative estimate of drug-likeness (QED) is 0.533. The van der Waals surface area contributed by atoms with Crippen molar-refractivity contribution in [3.63, 3.8) is 0 Å². The van der Waals surface area contributed by atoms with Gasteiger partial charge in [-0.05, 0) is 11.6 Å². The highest BCUT2D eigenvalue weighted by molar-refractivity contribution is 6.79. The molecule has 2 aliphatic heterocycles. The first-order valence-corrected chi connectivity index (χ1v) is 9.12. The molecule has 0 saturated heterocycles. The lowest BCUT2D eigenvalue weighted by molar-refractivity contribution is 0.0478. The van der Waals surface area contributed by atoms with Crippen LogP contribution in [0.4, 0.5) is 4.39 Å². The zero-order chi connectivity index (χ0) is 11.6. The second-order valence-electron chi connectivity index (χ2n) is 5.58. The Morgan fingerprint density at radius 2 is 2.06 bits per heavy atom. The molecule has 2 heterocycles. The Morgan fingerprint density at radius 1 is 1.31 bits per heavy atom. The Balaban J connectivity index is 2.28. The molecule has 3 heteroatoms. The molecule has 2 atom stereocenters. The van der Waals surface area contributed by atoms with Crippen LogP contribution in [-0.2, 0) is 9.96 Å². The van der Waals surface area contributed by atoms with Crippen LogP contribution in [0.1, 0.15) is 17.2 Å². The fraction of sp³-hybridized carbons (Fsp3) is 0.385. The third-order valence-corrected chi connectivity index (χ3v) is 6.45. The van der Waals surface area contributed by atoms with E-state index in [-0.39, 0.29) is 17.1 Å². The van der Waals surface area contributed by atoms with E-state index < -0.39 is 8.07 Å². The number of hydrogen-bond acceptors (Lipinski definition) is 1. The van der Waals surface area contributed by atoms with Gasteiger partial charge in [-0.3, -0.25) is 0 Å². The average molecular weight is 234 g/mol. The van der Waals surface area contributed by atoms with Crippen LogP contribution in [0.2, 0.25) is 19.6 Å². The summed E-state index contributed by atoms with van der Waals surface area (Å²) < 4.78 is 19.9. The van der Waals surface area contributed by atoms with E-state index >= 15 is 0 Å². The summed E-state index contributed by atoms with van der Waals surface area (Å²) in [5.41, 5.74) is 1.81. The van der Waals surface area contributed by atoms with Gasteiger partial charge in [0.15, 0.2) is 0 Å². The number of rotatable bonds is 1. The summed E-state index contributed by atoms with van der Waals surface area (Å²) in [5.74, 6) is -0.132. The molecule has 0 aliphatic carbocycles. The van der Waals surface area contributed by atoms with Gasteiger partial charge in [0.2, 0.25) is 0 Å². The topological polar surface area (TPSA) is 9.23 Å². The molecule has 84 valence electrons. The lowest BCUT2D eigenvalue weighted by atomic mass is 9.96. The Hall–Kier alpha value is -0.933. The molecule has 0 radical (unpaired) electrons. The maximum atomic E-state index is 13.8. The summed E-state index contributed by atoms with van der Waals surface area (Å²) in [6, 6.07) is 5.32. The Morgan fingerprint density at radius 3 is 2.75 bits per heavy atom. The maximum Gasteiger partial charge on any atom is 0.129 e. The minimum absolute atomic E-state index is 0.132. The third-order valence-electron chi connectivity index (χ3n) is 3.67. The van der Waals surface area contributed by atoms with Crippen LogP contribution < -0.4 is 0 Å². The van der Waals surface area contributed by atoms with Crippen molar-refractivity contribution >= 4 is 8.07 Å². The van der Waals surface area contributed by atoms with E-state index in [1.807, 2.05) is 12.1 Å². The standard InChI is InChI=1S/C13H15FOSi/c1-16(2,3)13-8-7-11(15-13)12-9(13)5-4-6-10(12)14/h4-8,11H,1-3H3/t11-,13-/m0/s1. The van der Waals surface area contributed by atoms with Crippen LogP contribution in [0.25, 0.3) is 0 Å². The smallest absolute Gasteiger partial charge is 0.129 e. The van der Waals surface area contributed by atoms with Crippen molar-refractivity contribution in [1.29, 1.82) is 0 Å². The Bertz CT molecular complexity index is 489. The molecule has 2 bridgehead atoms. The van der Waals surface area contributed by atoms with Crippen molar-refractivity contribution in [2.45, 2.75) is 31.0 Å². The highest BCUT2D eigenvalue weighted by Crippen LogP contribution is 2.54. The first-order valence-electron chi connectivity index (χ1n) is 5.62. The summed E-state index contributed by atoms with van der Waals surface area (Å²) >= 11 is 0. The summed E-state index contributed by atoms with van der Waals surface area (Å²) in [5, 5.41) is -0.310. The van der Waals surface area contributed by atoms with E-state index in [0.29, 0.717) is 0 Å². The molecule has 1 nitrogen and oxygen atoms in total. The van der Waals surface area contributed by atoms with Crippen molar-refractivity contribution in [2.75, 3.05) is 0 Å². The van der Waals surface area contributed by atoms with Crippen LogP contribution >= 0.6 is 0 Å². The van der Waals surface area contributed by atoms with Gasteiger partial charge in [0, 0.05) is 5.56 Å². The monoisotopic (exact) mass is 234 g/mol. The molecule has 3 rings (SSSR count). The van der Waals surface area contributed by atoms with Gasteiger partial charge in [0.1, 0.15) is 17.1 Å². The number of halogens is 1. The number of hydrogen-bond donors (Lipinski definition) is 0. The lowest BCUT2D eigenvalue weighted by Gasteiger charge is -2.36. The fourth-order valence-corrected chi connectivity index (χ4v) is 4.89. The fourth-order valence-electron chi connectivity index (χ4n) is 2.79. The molecule has 0 saturated carbocycles. The number of ether oxygens (including phenoxy) is 1. The van der Waals surface area contributed by atoms with Crippen LogP contribution in [0.3, 0.4) is 0 Å². The van der Waals surface area contributed by atoms with Crippen molar-refractivity contribution < 1.29 is 9.13 Å². The van der Waals surface area contributed by atoms with E-state index in [1.165, 1.54) is 6.07 Å². The normalized spacial score (nSPS) is 30.9. The second-order valence-corrected chi connectivity index (χ2v) is 10.8. The molecule has 0 aromatic heterocycles. The zero-order valence-electron chi connectivity index (χ0n) is 9.75. The van der Waals surface area contributed by atoms with Gasteiger partial charge in [-0.25, -0.2) is 4.39 Å². The molecular formula is C13H15FOSi. The summed E-state index contributed by atoms with van der Waals surface area (Å²) in [7, 11) is -1.58. The predicted octanol–water partition coefficient (Wildman–Crippen LogP) is 3.54. The summed E-state index contributed by atoms with van der Waals surface area (Å²) in [6.45, 7) is 6.79. The van der Waals surface area contributed by atoms with Gasteiger partial charge >= 0.3 is 0 Å². The van der Waals surface area contributed by atoms with Crippen LogP contribution in [0.15, 0.2) is 30.4 Å². The third kappa shape index (κ3) is 1.03. The Kier molecular flexibility index (Phi) is 1.82. The maximum absolute atomic E-state index is 13.8. The van der Waals surface area contributed by atoms with E-state index in [1.54, 1.807) is 6.07 Å². The molecule has 1 aromatic carbocycles. The van der Waals surface area contributed by atoms with Crippen molar-refractivity contribution in [3.8, 4) is 0 Å². The van der Waals surface area contributed by atoms with Gasteiger partial charge in [0.25, 0.3) is 0 Å². The molecule has 0 unspecified atom stereocenters. The van der Waals surface area contributed by atoms with E-state index in [0.717, 1.165) is 11.1 Å². The van der Waals surface area contributed by atoms with E-state index in [2.05, 4.69) is 25.7 Å². The van der Waals surface area contributed by atoms with Gasteiger partial charge in [-0.15, -0.1) is 0 Å². The van der Waals surface area contributed by atoms with Gasteiger partial charge in [0.05, 0.1) is 8.07 Å². The van der Waals surface area contributed by atoms with Gasteiger partial charge in [-0.2, -0.15) is 0 Å². The SMILES string of the molecule is C[Si](C)(C)[C@]12C=C[C@H](O1)c1c(F)cccc12. The molecular weight excluding hydrogens is 219 g/mol. The van der Waals surface area contributed by atoms with Gasteiger partial charge < -0.3 is 4.74 Å². The van der Waals surface area contributed by atoms with Crippen LogP contribution in [0.5, 0.6) is 0 Å². The lowest BCUT2D eigenvalue weighted by Crippen LogP contribution is -2.47. The van der Waals surface area contributed by atoms with Crippen molar-refractivity contribution in [1.82, 2.24) is 0 Å². The Labute approximate surface area is 95.9 Å². The van der Waals surface area contributed by atoms with E-state index in [4.69, 9.17) is 4.74 Å². The molecule has 0 N–H and O–H groups in total. The minimum Gasteiger partial charge on any atom is -0.358 e. The van der Waals surface area contributed by atoms with Crippen molar-refractivity contribution in [3.05, 3.63) is 47.3 Å². The molecule has 16 heavy (non-hydrogen) atoms. The van der Waals surface area contributed by atoms with Gasteiger partial charge in [-0.1, -0.05) is 43.9 Å². The highest BCUT2D eigenvalue weighted by atomic mass is 28.3. The molecule has 1 aromatic rings. The minimum atomic E-state index is -1.58. The zero-order valence-corrected chi connectivity index (χ0v) is 10.8. The molecule has 0 fully saturated rings. The first kappa shape index (κ1) is 10.2. The second kappa shape index (κ2) is 2.84. The molecule has 0 spiro atoms. The predicted molar refractivity (Wildman–Crippen MR) is 64.4 cm³/mol. The number of fused-ring (bicyclic) bond motifs is 5. The summed E-state index contributed by atoms with van der Waals surface area (Å²) in [4.78, 5) is 0. The molecule has 2 aliphatic rings. The molecule has 0 amide bonds.